The molecule has 0 saturated heterocycles. The van der Waals surface area contributed by atoms with E-state index in [2.05, 4.69) is 15.3 Å². The van der Waals surface area contributed by atoms with Gasteiger partial charge in [-0.15, -0.1) is 0 Å². The Labute approximate surface area is 143 Å². The van der Waals surface area contributed by atoms with E-state index in [4.69, 9.17) is 9.15 Å². The number of carbonyl (C=O) groups excluding carboxylic acids is 1. The number of amides is 1. The Kier molecular flexibility index (Phi) is 3.85. The molecule has 0 spiro atoms. The summed E-state index contributed by atoms with van der Waals surface area (Å²) in [4.78, 5) is 20.2. The standard InChI is InChI=1S/C19H17N3O3/c1-24-12-6-7-17-13(10-12)14(11-25-17)19(23)20-9-8-18-21-15-4-2-3-5-16(15)22-18/h2-7,10-11H,8-9H2,1H3,(H,20,23)(H,21,22). The second kappa shape index (κ2) is 6.32. The van der Waals surface area contributed by atoms with Gasteiger partial charge in [-0.25, -0.2) is 4.98 Å². The van der Waals surface area contributed by atoms with Crippen molar-refractivity contribution in [3.63, 3.8) is 0 Å². The fourth-order valence-corrected chi connectivity index (χ4v) is 2.82. The summed E-state index contributed by atoms with van der Waals surface area (Å²) in [6.07, 6.45) is 2.10. The highest BCUT2D eigenvalue weighted by atomic mass is 16.5. The number of nitrogens with one attached hydrogen (secondary N) is 2. The second-order valence-electron chi connectivity index (χ2n) is 5.72. The molecule has 2 N–H and O–H groups in total. The topological polar surface area (TPSA) is 80.2 Å². The number of aromatic amines is 1. The molecule has 0 saturated carbocycles. The molecule has 0 radical (unpaired) electrons. The number of methoxy groups -OCH3 is 1. The molecule has 4 rings (SSSR count). The van der Waals surface area contributed by atoms with Crippen LogP contribution in [0.3, 0.4) is 0 Å². The zero-order valence-electron chi connectivity index (χ0n) is 13.7. The van der Waals surface area contributed by atoms with Crippen LogP contribution in [0.2, 0.25) is 0 Å². The van der Waals surface area contributed by atoms with Crippen molar-refractivity contribution in [3.05, 3.63) is 60.1 Å². The van der Waals surface area contributed by atoms with Crippen molar-refractivity contribution in [2.45, 2.75) is 6.42 Å². The number of rotatable bonds is 5. The van der Waals surface area contributed by atoms with E-state index in [1.165, 1.54) is 6.26 Å². The average molecular weight is 335 g/mol. The van der Waals surface area contributed by atoms with Crippen molar-refractivity contribution >= 4 is 27.9 Å². The molecule has 0 aliphatic heterocycles. The minimum atomic E-state index is -0.178. The zero-order chi connectivity index (χ0) is 17.2. The van der Waals surface area contributed by atoms with Gasteiger partial charge in [0.05, 0.1) is 23.7 Å². The number of fused-ring (bicyclic) bond motifs is 2. The summed E-state index contributed by atoms with van der Waals surface area (Å²) in [5.74, 6) is 1.36. The quantitative estimate of drug-likeness (QED) is 0.586. The molecular formula is C19H17N3O3. The van der Waals surface area contributed by atoms with Crippen molar-refractivity contribution in [1.29, 1.82) is 0 Å². The molecule has 0 atom stereocenters. The van der Waals surface area contributed by atoms with Gasteiger partial charge >= 0.3 is 0 Å². The van der Waals surface area contributed by atoms with E-state index in [0.29, 0.717) is 29.9 Å². The van der Waals surface area contributed by atoms with Gasteiger partial charge in [-0.05, 0) is 30.3 Å². The lowest BCUT2D eigenvalue weighted by molar-refractivity contribution is 0.0955. The molecule has 0 bridgehead atoms. The van der Waals surface area contributed by atoms with Gasteiger partial charge in [0.2, 0.25) is 0 Å². The van der Waals surface area contributed by atoms with E-state index in [1.54, 1.807) is 25.3 Å². The predicted octanol–water partition coefficient (Wildman–Crippen LogP) is 3.29. The highest BCUT2D eigenvalue weighted by Crippen LogP contribution is 2.25. The van der Waals surface area contributed by atoms with Gasteiger partial charge in [-0.2, -0.15) is 0 Å². The van der Waals surface area contributed by atoms with Crippen LogP contribution in [0.5, 0.6) is 5.75 Å². The van der Waals surface area contributed by atoms with Gasteiger partial charge in [-0.1, -0.05) is 12.1 Å². The van der Waals surface area contributed by atoms with Gasteiger partial charge < -0.3 is 19.5 Å². The average Bonchev–Trinajstić information content (AvgIpc) is 3.24. The monoisotopic (exact) mass is 335 g/mol. The Bertz CT molecular complexity index is 1020. The van der Waals surface area contributed by atoms with Gasteiger partial charge in [0.15, 0.2) is 0 Å². The maximum atomic E-state index is 12.4. The number of para-hydroxylation sites is 2. The van der Waals surface area contributed by atoms with Crippen LogP contribution in [0.25, 0.3) is 22.0 Å². The van der Waals surface area contributed by atoms with Crippen LogP contribution in [0.15, 0.2) is 53.1 Å². The summed E-state index contributed by atoms with van der Waals surface area (Å²) in [5, 5.41) is 3.64. The third-order valence-electron chi connectivity index (χ3n) is 4.11. The number of hydrogen-bond donors (Lipinski definition) is 2. The van der Waals surface area contributed by atoms with Crippen molar-refractivity contribution in [2.75, 3.05) is 13.7 Å². The molecular weight excluding hydrogens is 318 g/mol. The lowest BCUT2D eigenvalue weighted by atomic mass is 10.1. The molecule has 126 valence electrons. The number of imidazole rings is 1. The van der Waals surface area contributed by atoms with Gasteiger partial charge in [0.25, 0.3) is 5.91 Å². The maximum Gasteiger partial charge on any atom is 0.255 e. The molecule has 2 aromatic heterocycles. The first-order chi connectivity index (χ1) is 12.2. The molecule has 2 aromatic carbocycles. The second-order valence-corrected chi connectivity index (χ2v) is 5.72. The number of furan rings is 1. The summed E-state index contributed by atoms with van der Waals surface area (Å²) in [6, 6.07) is 13.2. The number of aromatic nitrogens is 2. The van der Waals surface area contributed by atoms with Gasteiger partial charge in [-0.3, -0.25) is 4.79 Å². The summed E-state index contributed by atoms with van der Waals surface area (Å²) < 4.78 is 10.6. The van der Waals surface area contributed by atoms with Gasteiger partial charge in [0, 0.05) is 18.4 Å². The van der Waals surface area contributed by atoms with Crippen molar-refractivity contribution < 1.29 is 13.9 Å². The van der Waals surface area contributed by atoms with Crippen LogP contribution < -0.4 is 10.1 Å². The summed E-state index contributed by atoms with van der Waals surface area (Å²) in [6.45, 7) is 0.481. The van der Waals surface area contributed by atoms with Crippen LogP contribution in [0.1, 0.15) is 16.2 Å². The predicted molar refractivity (Wildman–Crippen MR) is 94.9 cm³/mol. The van der Waals surface area contributed by atoms with Crippen LogP contribution in [0, 0.1) is 0 Å². The molecule has 0 aliphatic rings. The normalized spacial score (nSPS) is 11.1. The van der Waals surface area contributed by atoms with Crippen LogP contribution in [0.4, 0.5) is 0 Å². The molecule has 4 aromatic rings. The molecule has 0 fully saturated rings. The Balaban J connectivity index is 1.45. The van der Waals surface area contributed by atoms with E-state index in [9.17, 15) is 4.79 Å². The first-order valence-corrected chi connectivity index (χ1v) is 8.01. The Morgan fingerprint density at radius 1 is 1.28 bits per heavy atom. The van der Waals surface area contributed by atoms with E-state index in [1.807, 2.05) is 24.3 Å². The van der Waals surface area contributed by atoms with Crippen LogP contribution in [-0.4, -0.2) is 29.5 Å². The van der Waals surface area contributed by atoms with Crippen molar-refractivity contribution in [1.82, 2.24) is 15.3 Å². The largest absolute Gasteiger partial charge is 0.497 e. The van der Waals surface area contributed by atoms with Crippen LogP contribution in [-0.2, 0) is 6.42 Å². The third kappa shape index (κ3) is 2.94. The fourth-order valence-electron chi connectivity index (χ4n) is 2.82. The molecule has 0 aliphatic carbocycles. The van der Waals surface area contributed by atoms with Crippen molar-refractivity contribution in [3.8, 4) is 5.75 Å². The molecule has 6 heteroatoms. The smallest absolute Gasteiger partial charge is 0.255 e. The lowest BCUT2D eigenvalue weighted by Crippen LogP contribution is -2.25. The molecule has 6 nitrogen and oxygen atoms in total. The first kappa shape index (κ1) is 15.3. The molecule has 25 heavy (non-hydrogen) atoms. The minimum Gasteiger partial charge on any atom is -0.497 e. The Morgan fingerprint density at radius 2 is 2.16 bits per heavy atom. The number of ether oxygens (including phenoxy) is 1. The number of hydrogen-bond acceptors (Lipinski definition) is 4. The summed E-state index contributed by atoms with van der Waals surface area (Å²) in [7, 11) is 1.59. The minimum absolute atomic E-state index is 0.178. The Hall–Kier alpha value is -3.28. The number of carbonyl (C=O) groups is 1. The zero-order valence-corrected chi connectivity index (χ0v) is 13.7. The molecule has 2 heterocycles. The Morgan fingerprint density at radius 3 is 3.00 bits per heavy atom. The number of benzene rings is 2. The summed E-state index contributed by atoms with van der Waals surface area (Å²) in [5.41, 5.74) is 3.08. The number of nitrogens with zero attached hydrogens (tertiary/aromatic N) is 1. The van der Waals surface area contributed by atoms with Gasteiger partial charge in [0.1, 0.15) is 23.4 Å². The molecule has 1 amide bonds. The fraction of sp³-hybridized carbons (Fsp3) is 0.158. The molecule has 0 unspecified atom stereocenters. The van der Waals surface area contributed by atoms with E-state index in [-0.39, 0.29) is 5.91 Å². The first-order valence-electron chi connectivity index (χ1n) is 8.01. The highest BCUT2D eigenvalue weighted by molar-refractivity contribution is 6.06. The van der Waals surface area contributed by atoms with E-state index in [0.717, 1.165) is 22.2 Å². The van der Waals surface area contributed by atoms with E-state index >= 15 is 0 Å². The highest BCUT2D eigenvalue weighted by Gasteiger charge is 2.14. The maximum absolute atomic E-state index is 12.4. The summed E-state index contributed by atoms with van der Waals surface area (Å²) >= 11 is 0. The van der Waals surface area contributed by atoms with E-state index < -0.39 is 0 Å². The third-order valence-corrected chi connectivity index (χ3v) is 4.11. The SMILES string of the molecule is COc1ccc2occ(C(=O)NCCc3nc4ccccc4[nH]3)c2c1. The lowest BCUT2D eigenvalue weighted by Gasteiger charge is -2.03. The van der Waals surface area contributed by atoms with Crippen LogP contribution >= 0.6 is 0 Å². The number of H-pyrrole nitrogens is 1. The van der Waals surface area contributed by atoms with Crippen molar-refractivity contribution in [2.24, 2.45) is 0 Å².